The zero-order chi connectivity index (χ0) is 15.4. The van der Waals surface area contributed by atoms with Crippen molar-refractivity contribution in [2.24, 2.45) is 0 Å². The average molecular weight is 330 g/mol. The van der Waals surface area contributed by atoms with Gasteiger partial charge in [0.25, 0.3) is 5.91 Å². The van der Waals surface area contributed by atoms with Gasteiger partial charge in [-0.2, -0.15) is 0 Å². The van der Waals surface area contributed by atoms with E-state index in [4.69, 9.17) is 16.3 Å². The number of carboxylic acid groups (broad SMARTS) is 1. The molecule has 114 valence electrons. The maximum absolute atomic E-state index is 12.3. The summed E-state index contributed by atoms with van der Waals surface area (Å²) in [6.45, 7) is 1.74. The molecule has 2 unspecified atom stereocenters. The van der Waals surface area contributed by atoms with Crippen molar-refractivity contribution >= 4 is 35.2 Å². The Morgan fingerprint density at radius 1 is 1.52 bits per heavy atom. The van der Waals surface area contributed by atoms with E-state index in [2.05, 4.69) is 0 Å². The molecule has 1 amide bonds. The first-order valence-electron chi connectivity index (χ1n) is 6.57. The van der Waals surface area contributed by atoms with Gasteiger partial charge in [0, 0.05) is 10.8 Å². The fourth-order valence-corrected chi connectivity index (χ4v) is 3.73. The molecule has 1 heterocycles. The SMILES string of the molecule is CCC1SCC(C(=O)O)N1C(=O)COc1cccc(Cl)c1. The van der Waals surface area contributed by atoms with Crippen LogP contribution >= 0.6 is 23.4 Å². The number of halogens is 1. The van der Waals surface area contributed by atoms with Crippen LogP contribution in [0.3, 0.4) is 0 Å². The smallest absolute Gasteiger partial charge is 0.327 e. The molecule has 0 aliphatic carbocycles. The van der Waals surface area contributed by atoms with E-state index < -0.39 is 12.0 Å². The van der Waals surface area contributed by atoms with Crippen LogP contribution in [0.25, 0.3) is 0 Å². The summed E-state index contributed by atoms with van der Waals surface area (Å²) in [6.07, 6.45) is 0.706. The molecule has 1 aliphatic rings. The molecule has 1 aromatic rings. The Morgan fingerprint density at radius 3 is 2.90 bits per heavy atom. The summed E-state index contributed by atoms with van der Waals surface area (Å²) in [7, 11) is 0. The van der Waals surface area contributed by atoms with Crippen molar-refractivity contribution in [3.8, 4) is 5.75 Å². The molecule has 2 rings (SSSR count). The number of rotatable bonds is 5. The van der Waals surface area contributed by atoms with E-state index in [0.717, 1.165) is 0 Å². The van der Waals surface area contributed by atoms with Gasteiger partial charge >= 0.3 is 5.97 Å². The van der Waals surface area contributed by atoms with Crippen molar-refractivity contribution < 1.29 is 19.4 Å². The maximum Gasteiger partial charge on any atom is 0.327 e. The highest BCUT2D eigenvalue weighted by atomic mass is 35.5. The molecular formula is C14H16ClNO4S. The third kappa shape index (κ3) is 3.83. The lowest BCUT2D eigenvalue weighted by molar-refractivity contribution is -0.149. The van der Waals surface area contributed by atoms with Gasteiger partial charge < -0.3 is 14.7 Å². The summed E-state index contributed by atoms with van der Waals surface area (Å²) < 4.78 is 5.40. The summed E-state index contributed by atoms with van der Waals surface area (Å²) in [5, 5.41) is 9.61. The van der Waals surface area contributed by atoms with Crippen molar-refractivity contribution in [3.05, 3.63) is 29.3 Å². The van der Waals surface area contributed by atoms with Crippen LogP contribution in [0.2, 0.25) is 5.02 Å². The van der Waals surface area contributed by atoms with E-state index in [-0.39, 0.29) is 17.9 Å². The van der Waals surface area contributed by atoms with E-state index in [1.54, 1.807) is 24.3 Å². The Kier molecular flexibility index (Phi) is 5.36. The molecule has 1 N–H and O–H groups in total. The van der Waals surface area contributed by atoms with Crippen LogP contribution in [-0.2, 0) is 9.59 Å². The number of nitrogens with zero attached hydrogens (tertiary/aromatic N) is 1. The van der Waals surface area contributed by atoms with Crippen LogP contribution in [0.5, 0.6) is 5.75 Å². The van der Waals surface area contributed by atoms with Crippen molar-refractivity contribution in [3.63, 3.8) is 0 Å². The molecule has 5 nitrogen and oxygen atoms in total. The van der Waals surface area contributed by atoms with Crippen molar-refractivity contribution in [1.82, 2.24) is 4.90 Å². The van der Waals surface area contributed by atoms with Crippen LogP contribution < -0.4 is 4.74 Å². The second-order valence-corrected chi connectivity index (χ2v) is 6.24. The molecule has 1 saturated heterocycles. The van der Waals surface area contributed by atoms with E-state index in [9.17, 15) is 14.7 Å². The molecule has 0 saturated carbocycles. The first kappa shape index (κ1) is 16.0. The minimum absolute atomic E-state index is 0.110. The largest absolute Gasteiger partial charge is 0.484 e. The molecule has 0 spiro atoms. The van der Waals surface area contributed by atoms with Gasteiger partial charge in [-0.1, -0.05) is 24.6 Å². The molecule has 7 heteroatoms. The summed E-state index contributed by atoms with van der Waals surface area (Å²) in [6, 6.07) is 5.96. The van der Waals surface area contributed by atoms with Crippen LogP contribution in [0, 0.1) is 0 Å². The molecule has 1 aliphatic heterocycles. The minimum atomic E-state index is -0.977. The van der Waals surface area contributed by atoms with Gasteiger partial charge in [-0.25, -0.2) is 4.79 Å². The van der Waals surface area contributed by atoms with Gasteiger partial charge in [0.2, 0.25) is 0 Å². The van der Waals surface area contributed by atoms with Gasteiger partial charge in [-0.3, -0.25) is 4.79 Å². The fraction of sp³-hybridized carbons (Fsp3) is 0.429. The Balaban J connectivity index is 2.02. The minimum Gasteiger partial charge on any atom is -0.484 e. The lowest BCUT2D eigenvalue weighted by atomic mass is 10.2. The van der Waals surface area contributed by atoms with E-state index in [0.29, 0.717) is 22.9 Å². The first-order chi connectivity index (χ1) is 10.0. The monoisotopic (exact) mass is 329 g/mol. The Bertz CT molecular complexity index is 539. The lowest BCUT2D eigenvalue weighted by Gasteiger charge is -2.26. The molecule has 2 atom stereocenters. The predicted octanol–water partition coefficient (Wildman–Crippen LogP) is 2.48. The summed E-state index contributed by atoms with van der Waals surface area (Å²) in [5.74, 6) is -0.395. The number of carbonyl (C=O) groups excluding carboxylic acids is 1. The first-order valence-corrected chi connectivity index (χ1v) is 7.99. The van der Waals surface area contributed by atoms with E-state index >= 15 is 0 Å². The van der Waals surface area contributed by atoms with Crippen LogP contribution in [0.1, 0.15) is 13.3 Å². The maximum atomic E-state index is 12.3. The molecular weight excluding hydrogens is 314 g/mol. The van der Waals surface area contributed by atoms with E-state index in [1.807, 2.05) is 6.92 Å². The standard InChI is InChI=1S/C14H16ClNO4S/c1-2-13-16(11(8-21-13)14(18)19)12(17)7-20-10-5-3-4-9(15)6-10/h3-6,11,13H,2,7-8H2,1H3,(H,18,19). The van der Waals surface area contributed by atoms with Crippen LogP contribution in [0.4, 0.5) is 0 Å². The second kappa shape index (κ2) is 7.04. The van der Waals surface area contributed by atoms with Crippen molar-refractivity contribution in [2.75, 3.05) is 12.4 Å². The molecule has 1 fully saturated rings. The quantitative estimate of drug-likeness (QED) is 0.899. The lowest BCUT2D eigenvalue weighted by Crippen LogP contribution is -2.47. The summed E-state index contributed by atoms with van der Waals surface area (Å²) in [4.78, 5) is 24.9. The highest BCUT2D eigenvalue weighted by molar-refractivity contribution is 8.00. The van der Waals surface area contributed by atoms with Gasteiger partial charge in [-0.15, -0.1) is 11.8 Å². The number of carbonyl (C=O) groups is 2. The fourth-order valence-electron chi connectivity index (χ4n) is 2.18. The van der Waals surface area contributed by atoms with Crippen LogP contribution in [0.15, 0.2) is 24.3 Å². The number of hydrogen-bond donors (Lipinski definition) is 1. The topological polar surface area (TPSA) is 66.8 Å². The Morgan fingerprint density at radius 2 is 2.29 bits per heavy atom. The highest BCUT2D eigenvalue weighted by Crippen LogP contribution is 2.31. The summed E-state index contributed by atoms with van der Waals surface area (Å²) in [5.41, 5.74) is 0. The molecule has 0 bridgehead atoms. The Hall–Kier alpha value is -1.40. The summed E-state index contributed by atoms with van der Waals surface area (Å²) >= 11 is 7.33. The zero-order valence-electron chi connectivity index (χ0n) is 11.5. The van der Waals surface area contributed by atoms with E-state index in [1.165, 1.54) is 16.7 Å². The number of aliphatic carboxylic acids is 1. The third-order valence-corrected chi connectivity index (χ3v) is 4.86. The van der Waals surface area contributed by atoms with Gasteiger partial charge in [-0.05, 0) is 24.6 Å². The average Bonchev–Trinajstić information content (AvgIpc) is 2.89. The zero-order valence-corrected chi connectivity index (χ0v) is 13.1. The van der Waals surface area contributed by atoms with Crippen molar-refractivity contribution in [1.29, 1.82) is 0 Å². The molecule has 0 radical (unpaired) electrons. The normalized spacial score (nSPS) is 21.3. The third-order valence-electron chi connectivity index (χ3n) is 3.17. The second-order valence-electron chi connectivity index (χ2n) is 4.60. The van der Waals surface area contributed by atoms with Crippen molar-refractivity contribution in [2.45, 2.75) is 24.8 Å². The number of carboxylic acids is 1. The predicted molar refractivity (Wildman–Crippen MR) is 81.8 cm³/mol. The number of amides is 1. The van der Waals surface area contributed by atoms with Crippen LogP contribution in [-0.4, -0.2) is 45.7 Å². The molecule has 0 aromatic heterocycles. The number of ether oxygens (including phenoxy) is 1. The Labute approximate surface area is 132 Å². The van der Waals surface area contributed by atoms with Gasteiger partial charge in [0.1, 0.15) is 11.8 Å². The number of thioether (sulfide) groups is 1. The molecule has 1 aromatic carbocycles. The highest BCUT2D eigenvalue weighted by Gasteiger charge is 2.40. The molecule has 21 heavy (non-hydrogen) atoms. The number of benzene rings is 1. The van der Waals surface area contributed by atoms with Gasteiger partial charge in [0.05, 0.1) is 5.37 Å². The van der Waals surface area contributed by atoms with Gasteiger partial charge in [0.15, 0.2) is 6.61 Å². The number of hydrogen-bond acceptors (Lipinski definition) is 4.